The van der Waals surface area contributed by atoms with Crippen LogP contribution < -0.4 is 11.1 Å². The Hall–Kier alpha value is -0.970. The summed E-state index contributed by atoms with van der Waals surface area (Å²) >= 11 is 2.06. The first kappa shape index (κ1) is 11.5. The third kappa shape index (κ3) is 3.01. The third-order valence-corrected chi connectivity index (χ3v) is 4.04. The molecule has 1 aromatic heterocycles. The molecule has 1 heterocycles. The van der Waals surface area contributed by atoms with Gasteiger partial charge in [-0.15, -0.1) is 0 Å². The Kier molecular flexibility index (Phi) is 3.88. The van der Waals surface area contributed by atoms with Crippen molar-refractivity contribution in [3.8, 4) is 0 Å². The predicted octanol–water partition coefficient (Wildman–Crippen LogP) is 2.14. The molecule has 3 N–H and O–H groups in total. The zero-order valence-corrected chi connectivity index (χ0v) is 10.3. The van der Waals surface area contributed by atoms with Crippen LogP contribution in [0.3, 0.4) is 0 Å². The molecule has 1 aliphatic rings. The lowest BCUT2D eigenvalue weighted by atomic mass is 10.2. The average molecular weight is 238 g/mol. The van der Waals surface area contributed by atoms with Crippen molar-refractivity contribution < 1.29 is 0 Å². The van der Waals surface area contributed by atoms with Gasteiger partial charge in [-0.3, -0.25) is 0 Å². The van der Waals surface area contributed by atoms with E-state index in [-0.39, 0.29) is 0 Å². The topological polar surface area (TPSA) is 63.8 Å². The van der Waals surface area contributed by atoms with Gasteiger partial charge in [0, 0.05) is 11.3 Å². The summed E-state index contributed by atoms with van der Waals surface area (Å²) in [7, 11) is 0. The fourth-order valence-corrected chi connectivity index (χ4v) is 3.22. The molecule has 0 bridgehead atoms. The molecule has 1 fully saturated rings. The first-order valence-corrected chi connectivity index (χ1v) is 6.78. The van der Waals surface area contributed by atoms with Crippen molar-refractivity contribution in [3.63, 3.8) is 0 Å². The summed E-state index contributed by atoms with van der Waals surface area (Å²) in [5, 5.41) is 4.22. The van der Waals surface area contributed by atoms with Crippen LogP contribution in [-0.2, 0) is 0 Å². The van der Waals surface area contributed by atoms with Gasteiger partial charge in [0.25, 0.3) is 0 Å². The van der Waals surface area contributed by atoms with E-state index >= 15 is 0 Å². The number of rotatable bonds is 4. The molecule has 4 nitrogen and oxygen atoms in total. The van der Waals surface area contributed by atoms with Crippen LogP contribution in [0.15, 0.2) is 12.4 Å². The smallest absolute Gasteiger partial charge is 0.144 e. The standard InChI is InChI=1S/C11H18N4S/c1-2-16-9-4-3-8(5-9)15-11-7-13-10(12)6-14-11/h6-9H,2-5H2,1H3,(H2,12,13)(H,14,15). The Morgan fingerprint density at radius 3 is 3.00 bits per heavy atom. The minimum Gasteiger partial charge on any atom is -0.382 e. The van der Waals surface area contributed by atoms with E-state index in [1.165, 1.54) is 25.0 Å². The van der Waals surface area contributed by atoms with Crippen LogP contribution in [0.5, 0.6) is 0 Å². The highest BCUT2D eigenvalue weighted by Gasteiger charge is 2.24. The number of aromatic nitrogens is 2. The first-order chi connectivity index (χ1) is 7.78. The molecule has 0 amide bonds. The number of anilines is 2. The number of hydrogen-bond acceptors (Lipinski definition) is 5. The van der Waals surface area contributed by atoms with Crippen LogP contribution in [0.2, 0.25) is 0 Å². The Balaban J connectivity index is 1.84. The minimum absolute atomic E-state index is 0.469. The number of nitrogens with one attached hydrogen (secondary N) is 1. The highest BCUT2D eigenvalue weighted by atomic mass is 32.2. The number of thioether (sulfide) groups is 1. The van der Waals surface area contributed by atoms with E-state index in [2.05, 4.69) is 34.0 Å². The molecule has 16 heavy (non-hydrogen) atoms. The fourth-order valence-electron chi connectivity index (χ4n) is 2.08. The van der Waals surface area contributed by atoms with E-state index in [9.17, 15) is 0 Å². The fraction of sp³-hybridized carbons (Fsp3) is 0.636. The van der Waals surface area contributed by atoms with Gasteiger partial charge in [0.05, 0.1) is 12.4 Å². The molecule has 5 heteroatoms. The Labute approximate surface area is 100 Å². The lowest BCUT2D eigenvalue weighted by Crippen LogP contribution is -2.17. The summed E-state index contributed by atoms with van der Waals surface area (Å²) in [6.45, 7) is 2.22. The molecule has 1 aromatic rings. The van der Waals surface area contributed by atoms with Crippen molar-refractivity contribution >= 4 is 23.4 Å². The molecule has 0 aliphatic heterocycles. The number of nitrogen functional groups attached to an aromatic ring is 1. The molecule has 88 valence electrons. The summed E-state index contributed by atoms with van der Waals surface area (Å²) in [5.41, 5.74) is 5.49. The van der Waals surface area contributed by atoms with Gasteiger partial charge >= 0.3 is 0 Å². The predicted molar refractivity (Wildman–Crippen MR) is 69.6 cm³/mol. The van der Waals surface area contributed by atoms with Crippen LogP contribution in [0.4, 0.5) is 11.6 Å². The monoisotopic (exact) mass is 238 g/mol. The summed E-state index contributed by atoms with van der Waals surface area (Å²) in [5.74, 6) is 2.51. The Morgan fingerprint density at radius 1 is 1.44 bits per heavy atom. The van der Waals surface area contributed by atoms with Gasteiger partial charge in [-0.1, -0.05) is 6.92 Å². The minimum atomic E-state index is 0.469. The van der Waals surface area contributed by atoms with Crippen molar-refractivity contribution in [2.45, 2.75) is 37.5 Å². The number of hydrogen-bond donors (Lipinski definition) is 2. The van der Waals surface area contributed by atoms with Crippen molar-refractivity contribution in [1.82, 2.24) is 9.97 Å². The van der Waals surface area contributed by atoms with Crippen molar-refractivity contribution in [2.24, 2.45) is 0 Å². The molecule has 0 radical (unpaired) electrons. The van der Waals surface area contributed by atoms with Gasteiger partial charge in [-0.25, -0.2) is 9.97 Å². The van der Waals surface area contributed by atoms with E-state index < -0.39 is 0 Å². The molecular formula is C11H18N4S. The second-order valence-electron chi connectivity index (χ2n) is 4.06. The van der Waals surface area contributed by atoms with Gasteiger partial charge < -0.3 is 11.1 Å². The first-order valence-electron chi connectivity index (χ1n) is 5.73. The van der Waals surface area contributed by atoms with Crippen molar-refractivity contribution in [2.75, 3.05) is 16.8 Å². The van der Waals surface area contributed by atoms with Gasteiger partial charge in [-0.05, 0) is 25.0 Å². The normalized spacial score (nSPS) is 24.6. The largest absolute Gasteiger partial charge is 0.382 e. The van der Waals surface area contributed by atoms with Gasteiger partial charge in [0.2, 0.25) is 0 Å². The molecule has 0 spiro atoms. The van der Waals surface area contributed by atoms with Gasteiger partial charge in [0.15, 0.2) is 0 Å². The van der Waals surface area contributed by atoms with Crippen LogP contribution in [-0.4, -0.2) is 27.0 Å². The lowest BCUT2D eigenvalue weighted by Gasteiger charge is -2.13. The van der Waals surface area contributed by atoms with Gasteiger partial charge in [0.1, 0.15) is 11.6 Å². The van der Waals surface area contributed by atoms with Crippen LogP contribution in [0.1, 0.15) is 26.2 Å². The Morgan fingerprint density at radius 2 is 2.31 bits per heavy atom. The second-order valence-corrected chi connectivity index (χ2v) is 5.64. The third-order valence-electron chi connectivity index (χ3n) is 2.81. The molecule has 2 unspecified atom stereocenters. The van der Waals surface area contributed by atoms with Crippen LogP contribution >= 0.6 is 11.8 Å². The van der Waals surface area contributed by atoms with Crippen molar-refractivity contribution in [1.29, 1.82) is 0 Å². The molecule has 0 saturated heterocycles. The molecule has 0 aromatic carbocycles. The highest BCUT2D eigenvalue weighted by molar-refractivity contribution is 7.99. The summed E-state index contributed by atoms with van der Waals surface area (Å²) < 4.78 is 0. The maximum Gasteiger partial charge on any atom is 0.144 e. The van der Waals surface area contributed by atoms with Crippen molar-refractivity contribution in [3.05, 3.63) is 12.4 Å². The van der Waals surface area contributed by atoms with Crippen LogP contribution in [0.25, 0.3) is 0 Å². The van der Waals surface area contributed by atoms with Gasteiger partial charge in [-0.2, -0.15) is 11.8 Å². The highest BCUT2D eigenvalue weighted by Crippen LogP contribution is 2.31. The quantitative estimate of drug-likeness (QED) is 0.841. The van der Waals surface area contributed by atoms with E-state index in [1.807, 2.05) is 0 Å². The average Bonchev–Trinajstić information content (AvgIpc) is 2.70. The molecule has 1 aliphatic carbocycles. The molecule has 1 saturated carbocycles. The van der Waals surface area contributed by atoms with E-state index in [0.717, 1.165) is 11.1 Å². The van der Waals surface area contributed by atoms with E-state index in [0.29, 0.717) is 11.9 Å². The Bertz CT molecular complexity index is 327. The zero-order chi connectivity index (χ0) is 11.4. The van der Waals surface area contributed by atoms with E-state index in [4.69, 9.17) is 5.73 Å². The number of nitrogens with zero attached hydrogens (tertiary/aromatic N) is 2. The molecule has 2 atom stereocenters. The molecule has 2 rings (SSSR count). The van der Waals surface area contributed by atoms with E-state index in [1.54, 1.807) is 12.4 Å². The number of nitrogens with two attached hydrogens (primary N) is 1. The lowest BCUT2D eigenvalue weighted by molar-refractivity contribution is 0.751. The second kappa shape index (κ2) is 5.39. The maximum absolute atomic E-state index is 5.49. The maximum atomic E-state index is 5.49. The summed E-state index contributed by atoms with van der Waals surface area (Å²) in [6, 6.07) is 0.543. The summed E-state index contributed by atoms with van der Waals surface area (Å²) in [4.78, 5) is 8.23. The SMILES string of the molecule is CCSC1CCC(Nc2cnc(N)cn2)C1. The zero-order valence-electron chi connectivity index (χ0n) is 9.52. The molecular weight excluding hydrogens is 220 g/mol. The van der Waals surface area contributed by atoms with Crippen LogP contribution in [0, 0.1) is 0 Å². The summed E-state index contributed by atoms with van der Waals surface area (Å²) in [6.07, 6.45) is 7.05.